The van der Waals surface area contributed by atoms with E-state index in [0.717, 1.165) is 17.7 Å². The van der Waals surface area contributed by atoms with Crippen LogP contribution in [0.4, 0.5) is 18.9 Å². The summed E-state index contributed by atoms with van der Waals surface area (Å²) in [4.78, 5) is 12.0. The topological polar surface area (TPSA) is 69.8 Å². The number of carbonyl (C=O) groups excluding carboxylic acids is 1. The van der Waals surface area contributed by atoms with Gasteiger partial charge < -0.3 is 10.6 Å². The van der Waals surface area contributed by atoms with Crippen LogP contribution in [0.1, 0.15) is 21.5 Å². The summed E-state index contributed by atoms with van der Waals surface area (Å²) in [5.74, 6) is -0.591. The fraction of sp³-hybridized carbons (Fsp3) is 0.231. The molecule has 0 saturated carbocycles. The molecule has 0 saturated heterocycles. The van der Waals surface area contributed by atoms with Gasteiger partial charge in [0, 0.05) is 31.0 Å². The first kappa shape index (κ1) is 14.9. The van der Waals surface area contributed by atoms with Gasteiger partial charge in [-0.05, 0) is 18.2 Å². The fourth-order valence-corrected chi connectivity index (χ4v) is 1.78. The van der Waals surface area contributed by atoms with Gasteiger partial charge in [-0.25, -0.2) is 0 Å². The Morgan fingerprint density at radius 1 is 1.38 bits per heavy atom. The molecule has 2 rings (SSSR count). The Labute approximate surface area is 118 Å². The van der Waals surface area contributed by atoms with Crippen LogP contribution in [-0.4, -0.2) is 23.2 Å². The summed E-state index contributed by atoms with van der Waals surface area (Å²) >= 11 is 0. The molecule has 0 unspecified atom stereocenters. The SMILES string of the molecule is CNc1ccc(C(F)(F)F)cc1C(=O)NCc1cn[nH]c1. The first-order valence-electron chi connectivity index (χ1n) is 6.06. The third kappa shape index (κ3) is 3.53. The molecule has 0 atom stereocenters. The number of nitrogens with zero attached hydrogens (tertiary/aromatic N) is 1. The van der Waals surface area contributed by atoms with Crippen molar-refractivity contribution in [2.45, 2.75) is 12.7 Å². The van der Waals surface area contributed by atoms with Crippen LogP contribution in [0.15, 0.2) is 30.6 Å². The number of alkyl halides is 3. The largest absolute Gasteiger partial charge is 0.416 e. The Kier molecular flexibility index (Phi) is 4.15. The molecule has 0 radical (unpaired) electrons. The Balaban J connectivity index is 2.21. The van der Waals surface area contributed by atoms with Crippen LogP contribution in [0, 0.1) is 0 Å². The Morgan fingerprint density at radius 2 is 2.14 bits per heavy atom. The van der Waals surface area contributed by atoms with Gasteiger partial charge in [-0.15, -0.1) is 0 Å². The van der Waals surface area contributed by atoms with E-state index in [9.17, 15) is 18.0 Å². The van der Waals surface area contributed by atoms with Crippen LogP contribution < -0.4 is 10.6 Å². The molecule has 0 fully saturated rings. The first-order valence-corrected chi connectivity index (χ1v) is 6.06. The highest BCUT2D eigenvalue weighted by Crippen LogP contribution is 2.31. The lowest BCUT2D eigenvalue weighted by atomic mass is 10.1. The number of nitrogens with one attached hydrogen (secondary N) is 3. The minimum Gasteiger partial charge on any atom is -0.387 e. The summed E-state index contributed by atoms with van der Waals surface area (Å²) in [6, 6.07) is 2.99. The van der Waals surface area contributed by atoms with E-state index >= 15 is 0 Å². The lowest BCUT2D eigenvalue weighted by Crippen LogP contribution is -2.24. The Bertz CT molecular complexity index is 623. The second-order valence-electron chi connectivity index (χ2n) is 4.30. The van der Waals surface area contributed by atoms with Crippen molar-refractivity contribution in [2.24, 2.45) is 0 Å². The molecule has 1 aromatic heterocycles. The quantitative estimate of drug-likeness (QED) is 0.812. The number of carbonyl (C=O) groups is 1. The zero-order chi connectivity index (χ0) is 15.5. The van der Waals surface area contributed by atoms with E-state index in [4.69, 9.17) is 0 Å². The highest BCUT2D eigenvalue weighted by Gasteiger charge is 2.31. The van der Waals surface area contributed by atoms with Crippen LogP contribution >= 0.6 is 0 Å². The summed E-state index contributed by atoms with van der Waals surface area (Å²) in [5, 5.41) is 11.5. The van der Waals surface area contributed by atoms with Crippen LogP contribution in [0.2, 0.25) is 0 Å². The lowest BCUT2D eigenvalue weighted by molar-refractivity contribution is -0.137. The second kappa shape index (κ2) is 5.86. The molecular formula is C13H13F3N4O. The van der Waals surface area contributed by atoms with Crippen molar-refractivity contribution in [2.75, 3.05) is 12.4 Å². The molecule has 3 N–H and O–H groups in total. The van der Waals surface area contributed by atoms with E-state index in [1.807, 2.05) is 0 Å². The third-order valence-corrected chi connectivity index (χ3v) is 2.87. The van der Waals surface area contributed by atoms with Crippen LogP contribution in [-0.2, 0) is 12.7 Å². The van der Waals surface area contributed by atoms with Crippen LogP contribution in [0.5, 0.6) is 0 Å². The van der Waals surface area contributed by atoms with Crippen molar-refractivity contribution in [3.8, 4) is 0 Å². The van der Waals surface area contributed by atoms with Gasteiger partial charge in [0.25, 0.3) is 5.91 Å². The summed E-state index contributed by atoms with van der Waals surface area (Å²) in [6.45, 7) is 0.175. The maximum Gasteiger partial charge on any atom is 0.416 e. The standard InChI is InChI=1S/C13H13F3N4O/c1-17-11-3-2-9(13(14,15)16)4-10(11)12(21)18-5-8-6-19-20-7-8/h2-4,6-7,17H,5H2,1H3,(H,18,21)(H,19,20). The number of hydrogen-bond acceptors (Lipinski definition) is 3. The lowest BCUT2D eigenvalue weighted by Gasteiger charge is -2.13. The number of hydrogen-bond donors (Lipinski definition) is 3. The Hall–Kier alpha value is -2.51. The molecule has 1 amide bonds. The molecule has 0 spiro atoms. The molecule has 112 valence electrons. The molecule has 21 heavy (non-hydrogen) atoms. The minimum atomic E-state index is -4.49. The number of benzene rings is 1. The predicted molar refractivity (Wildman–Crippen MR) is 70.7 cm³/mol. The molecule has 0 aliphatic rings. The van der Waals surface area contributed by atoms with Crippen molar-refractivity contribution >= 4 is 11.6 Å². The summed E-state index contributed by atoms with van der Waals surface area (Å²) in [5.41, 5.74) is 0.125. The number of aromatic amines is 1. The average molecular weight is 298 g/mol. The summed E-state index contributed by atoms with van der Waals surface area (Å²) in [7, 11) is 1.54. The van der Waals surface area contributed by atoms with Crippen molar-refractivity contribution in [3.05, 3.63) is 47.3 Å². The van der Waals surface area contributed by atoms with Gasteiger partial charge >= 0.3 is 6.18 Å². The van der Waals surface area contributed by atoms with Gasteiger partial charge in [-0.2, -0.15) is 18.3 Å². The van der Waals surface area contributed by atoms with E-state index in [2.05, 4.69) is 20.8 Å². The van der Waals surface area contributed by atoms with E-state index < -0.39 is 17.6 Å². The van der Waals surface area contributed by atoms with Gasteiger partial charge in [0.15, 0.2) is 0 Å². The van der Waals surface area contributed by atoms with Crippen LogP contribution in [0.25, 0.3) is 0 Å². The van der Waals surface area contributed by atoms with Crippen molar-refractivity contribution < 1.29 is 18.0 Å². The van der Waals surface area contributed by atoms with Crippen molar-refractivity contribution in [1.29, 1.82) is 0 Å². The number of anilines is 1. The van der Waals surface area contributed by atoms with E-state index in [0.29, 0.717) is 5.69 Å². The summed E-state index contributed by atoms with van der Waals surface area (Å²) in [6.07, 6.45) is -1.39. The second-order valence-corrected chi connectivity index (χ2v) is 4.30. The van der Waals surface area contributed by atoms with Gasteiger partial charge in [-0.3, -0.25) is 9.89 Å². The number of H-pyrrole nitrogens is 1. The van der Waals surface area contributed by atoms with Crippen LogP contribution in [0.3, 0.4) is 0 Å². The molecule has 1 aromatic carbocycles. The predicted octanol–water partition coefficient (Wildman–Crippen LogP) is 2.40. The van der Waals surface area contributed by atoms with Crippen molar-refractivity contribution in [1.82, 2.24) is 15.5 Å². The highest BCUT2D eigenvalue weighted by atomic mass is 19.4. The minimum absolute atomic E-state index is 0.0594. The van der Waals surface area contributed by atoms with E-state index in [-0.39, 0.29) is 12.1 Å². The average Bonchev–Trinajstić information content (AvgIpc) is 2.96. The zero-order valence-electron chi connectivity index (χ0n) is 11.1. The number of aromatic nitrogens is 2. The molecule has 0 bridgehead atoms. The smallest absolute Gasteiger partial charge is 0.387 e. The molecule has 5 nitrogen and oxygen atoms in total. The van der Waals surface area contributed by atoms with E-state index in [1.165, 1.54) is 19.3 Å². The Morgan fingerprint density at radius 3 is 2.71 bits per heavy atom. The maximum atomic E-state index is 12.7. The highest BCUT2D eigenvalue weighted by molar-refractivity contribution is 5.99. The molecule has 0 aliphatic heterocycles. The van der Waals surface area contributed by atoms with Gasteiger partial charge in [0.05, 0.1) is 17.3 Å². The van der Waals surface area contributed by atoms with Crippen molar-refractivity contribution in [3.63, 3.8) is 0 Å². The van der Waals surface area contributed by atoms with E-state index in [1.54, 1.807) is 6.20 Å². The van der Waals surface area contributed by atoms with Gasteiger partial charge in [-0.1, -0.05) is 0 Å². The third-order valence-electron chi connectivity index (χ3n) is 2.87. The molecule has 8 heteroatoms. The maximum absolute atomic E-state index is 12.7. The number of amides is 1. The molecule has 1 heterocycles. The fourth-order valence-electron chi connectivity index (χ4n) is 1.78. The summed E-state index contributed by atoms with van der Waals surface area (Å²) < 4.78 is 38.1. The number of halogens is 3. The molecule has 2 aromatic rings. The zero-order valence-corrected chi connectivity index (χ0v) is 11.1. The van der Waals surface area contributed by atoms with Gasteiger partial charge in [0.1, 0.15) is 0 Å². The molecule has 0 aliphatic carbocycles. The van der Waals surface area contributed by atoms with Gasteiger partial charge in [0.2, 0.25) is 0 Å². The molecular weight excluding hydrogens is 285 g/mol. The monoisotopic (exact) mass is 298 g/mol. The first-order chi connectivity index (χ1) is 9.91. The number of rotatable bonds is 4. The normalized spacial score (nSPS) is 11.2.